The van der Waals surface area contributed by atoms with Crippen LogP contribution in [0.25, 0.3) is 11.3 Å². The van der Waals surface area contributed by atoms with Crippen LogP contribution in [0.1, 0.15) is 45.3 Å². The Morgan fingerprint density at radius 1 is 1.39 bits per heavy atom. The van der Waals surface area contributed by atoms with Crippen molar-refractivity contribution in [3.8, 4) is 11.3 Å². The van der Waals surface area contributed by atoms with E-state index in [0.717, 1.165) is 18.9 Å². The van der Waals surface area contributed by atoms with Gasteiger partial charge in [0.25, 0.3) is 0 Å². The van der Waals surface area contributed by atoms with Crippen LogP contribution < -0.4 is 0 Å². The van der Waals surface area contributed by atoms with Gasteiger partial charge >= 0.3 is 11.8 Å². The normalized spacial score (nSPS) is 14.0. The molecule has 9 nitrogen and oxygen atoms in total. The average molecular weight is 391 g/mol. The fraction of sp³-hybridized carbons (Fsp3) is 0.500. The lowest BCUT2D eigenvalue weighted by Gasteiger charge is -2.24. The van der Waals surface area contributed by atoms with Crippen molar-refractivity contribution in [2.45, 2.75) is 51.8 Å². The summed E-state index contributed by atoms with van der Waals surface area (Å²) in [6.07, 6.45) is 1.26. The van der Waals surface area contributed by atoms with E-state index in [0.29, 0.717) is 5.69 Å². The Morgan fingerprint density at radius 3 is 2.64 bits per heavy atom. The molecule has 0 spiro atoms. The first-order chi connectivity index (χ1) is 13.1. The smallest absolute Gasteiger partial charge is 0.410 e. The molecule has 1 saturated carbocycles. The first kappa shape index (κ1) is 19.7. The van der Waals surface area contributed by atoms with E-state index >= 15 is 0 Å². The van der Waals surface area contributed by atoms with Crippen LogP contribution in [-0.4, -0.2) is 43.6 Å². The van der Waals surface area contributed by atoms with Gasteiger partial charge in [0.05, 0.1) is 17.5 Å². The van der Waals surface area contributed by atoms with Crippen LogP contribution in [0.5, 0.6) is 0 Å². The molecule has 1 aliphatic rings. The molecule has 1 aromatic carbocycles. The number of nitro groups is 1. The van der Waals surface area contributed by atoms with Crippen molar-refractivity contribution in [3.63, 3.8) is 0 Å². The SMILES string of the molecule is CN(Cc1nn(C2CC2)nc1-c1cccc([N+](=O)[O-])c1F)C(=O)OC(C)(C)C. The predicted octanol–water partition coefficient (Wildman–Crippen LogP) is 3.69. The molecule has 1 aliphatic carbocycles. The number of carbonyl (C=O) groups excluding carboxylic acids is 1. The summed E-state index contributed by atoms with van der Waals surface area (Å²) < 4.78 is 20.0. The van der Waals surface area contributed by atoms with Gasteiger partial charge in [-0.3, -0.25) is 10.1 Å². The van der Waals surface area contributed by atoms with E-state index in [1.807, 2.05) is 0 Å². The summed E-state index contributed by atoms with van der Waals surface area (Å²) in [5, 5.41) is 19.8. The molecule has 1 fully saturated rings. The Kier molecular flexibility index (Phi) is 5.05. The summed E-state index contributed by atoms with van der Waals surface area (Å²) in [4.78, 5) is 25.3. The van der Waals surface area contributed by atoms with Crippen molar-refractivity contribution in [1.29, 1.82) is 0 Å². The maximum absolute atomic E-state index is 14.7. The van der Waals surface area contributed by atoms with Gasteiger partial charge in [0.1, 0.15) is 17.0 Å². The maximum Gasteiger partial charge on any atom is 0.410 e. The number of hydrogen-bond donors (Lipinski definition) is 0. The zero-order valence-corrected chi connectivity index (χ0v) is 16.2. The van der Waals surface area contributed by atoms with Gasteiger partial charge in [0.2, 0.25) is 5.82 Å². The molecule has 0 radical (unpaired) electrons. The Balaban J connectivity index is 1.96. The first-order valence-electron chi connectivity index (χ1n) is 8.90. The highest BCUT2D eigenvalue weighted by Crippen LogP contribution is 2.36. The van der Waals surface area contributed by atoms with E-state index < -0.39 is 28.1 Å². The zero-order chi connectivity index (χ0) is 20.6. The third-order valence-corrected chi connectivity index (χ3v) is 4.09. The van der Waals surface area contributed by atoms with Gasteiger partial charge in [-0.1, -0.05) is 6.07 Å². The fourth-order valence-electron chi connectivity index (χ4n) is 2.61. The van der Waals surface area contributed by atoms with Crippen LogP contribution in [0.2, 0.25) is 0 Å². The van der Waals surface area contributed by atoms with Crippen molar-refractivity contribution in [2.24, 2.45) is 0 Å². The Labute approximate surface area is 161 Å². The van der Waals surface area contributed by atoms with Gasteiger partial charge in [-0.2, -0.15) is 19.4 Å². The van der Waals surface area contributed by atoms with Crippen LogP contribution in [0.3, 0.4) is 0 Å². The molecule has 3 rings (SSSR count). The van der Waals surface area contributed by atoms with Crippen molar-refractivity contribution in [1.82, 2.24) is 19.9 Å². The van der Waals surface area contributed by atoms with Gasteiger partial charge in [-0.05, 0) is 39.7 Å². The quantitative estimate of drug-likeness (QED) is 0.569. The van der Waals surface area contributed by atoms with Crippen molar-refractivity contribution < 1.29 is 18.8 Å². The van der Waals surface area contributed by atoms with Crippen molar-refractivity contribution in [3.05, 3.63) is 39.8 Å². The van der Waals surface area contributed by atoms with Gasteiger partial charge in [0, 0.05) is 18.7 Å². The highest BCUT2D eigenvalue weighted by molar-refractivity contribution is 5.69. The van der Waals surface area contributed by atoms with Gasteiger partial charge < -0.3 is 9.64 Å². The second-order valence-electron chi connectivity index (χ2n) is 7.78. The minimum atomic E-state index is -0.975. The van der Waals surface area contributed by atoms with Crippen LogP contribution >= 0.6 is 0 Å². The van der Waals surface area contributed by atoms with Crippen LogP contribution in [-0.2, 0) is 11.3 Å². The molecule has 0 bridgehead atoms. The molecule has 0 aliphatic heterocycles. The number of benzene rings is 1. The van der Waals surface area contributed by atoms with Crippen molar-refractivity contribution >= 4 is 11.8 Å². The van der Waals surface area contributed by atoms with Crippen LogP contribution in [0, 0.1) is 15.9 Å². The monoisotopic (exact) mass is 391 g/mol. The number of ether oxygens (including phenoxy) is 1. The van der Waals surface area contributed by atoms with E-state index in [9.17, 15) is 19.3 Å². The highest BCUT2D eigenvalue weighted by Gasteiger charge is 2.31. The summed E-state index contributed by atoms with van der Waals surface area (Å²) in [6, 6.07) is 4.03. The second kappa shape index (κ2) is 7.17. The molecule has 2 aromatic rings. The van der Waals surface area contributed by atoms with Crippen LogP contribution in [0.4, 0.5) is 14.9 Å². The maximum atomic E-state index is 14.7. The summed E-state index contributed by atoms with van der Waals surface area (Å²) in [5.41, 5.74) is -0.784. The summed E-state index contributed by atoms with van der Waals surface area (Å²) >= 11 is 0. The lowest BCUT2D eigenvalue weighted by molar-refractivity contribution is -0.387. The number of aromatic nitrogens is 3. The lowest BCUT2D eigenvalue weighted by atomic mass is 10.1. The molecule has 1 amide bonds. The highest BCUT2D eigenvalue weighted by atomic mass is 19.1. The number of rotatable bonds is 5. The van der Waals surface area contributed by atoms with E-state index in [4.69, 9.17) is 4.74 Å². The minimum absolute atomic E-state index is 0.0197. The third kappa shape index (κ3) is 4.26. The first-order valence-corrected chi connectivity index (χ1v) is 8.90. The minimum Gasteiger partial charge on any atom is -0.444 e. The van der Waals surface area contributed by atoms with E-state index in [1.165, 1.54) is 28.9 Å². The summed E-state index contributed by atoms with van der Waals surface area (Å²) in [6.45, 7) is 5.29. The van der Waals surface area contributed by atoms with E-state index in [2.05, 4.69) is 10.2 Å². The third-order valence-electron chi connectivity index (χ3n) is 4.09. The zero-order valence-electron chi connectivity index (χ0n) is 16.2. The molecule has 0 atom stereocenters. The second-order valence-corrected chi connectivity index (χ2v) is 7.78. The largest absolute Gasteiger partial charge is 0.444 e. The molecular weight excluding hydrogens is 369 g/mol. The standard InChI is InChI=1S/C18H22FN5O4/c1-18(2,3)28-17(25)22(4)10-13-16(21-23(20-13)11-8-9-11)12-6-5-7-14(15(12)19)24(26)27/h5-7,11H,8-10H2,1-4H3. The molecule has 0 N–H and O–H groups in total. The predicted molar refractivity (Wildman–Crippen MR) is 98.0 cm³/mol. The van der Waals surface area contributed by atoms with Gasteiger partial charge in [-0.25, -0.2) is 4.79 Å². The average Bonchev–Trinajstić information content (AvgIpc) is 3.35. The number of nitrogens with zero attached hydrogens (tertiary/aromatic N) is 5. The van der Waals surface area contributed by atoms with E-state index in [1.54, 1.807) is 20.8 Å². The fourth-order valence-corrected chi connectivity index (χ4v) is 2.61. The summed E-state index contributed by atoms with van der Waals surface area (Å²) in [7, 11) is 1.54. The van der Waals surface area contributed by atoms with Gasteiger partial charge in [0.15, 0.2) is 0 Å². The van der Waals surface area contributed by atoms with Crippen molar-refractivity contribution in [2.75, 3.05) is 7.05 Å². The Morgan fingerprint density at radius 2 is 2.07 bits per heavy atom. The van der Waals surface area contributed by atoms with Gasteiger partial charge in [-0.15, -0.1) is 0 Å². The number of halogens is 1. The molecular formula is C18H22FN5O4. The lowest BCUT2D eigenvalue weighted by Crippen LogP contribution is -2.34. The topological polar surface area (TPSA) is 103 Å². The Hall–Kier alpha value is -3.04. The molecule has 1 aromatic heterocycles. The number of nitro benzene ring substituents is 1. The number of hydrogen-bond acceptors (Lipinski definition) is 6. The Bertz CT molecular complexity index is 917. The molecule has 0 unspecified atom stereocenters. The molecule has 0 saturated heterocycles. The van der Waals surface area contributed by atoms with E-state index in [-0.39, 0.29) is 23.8 Å². The molecule has 150 valence electrons. The molecule has 28 heavy (non-hydrogen) atoms. The molecule has 1 heterocycles. The van der Waals surface area contributed by atoms with Crippen LogP contribution in [0.15, 0.2) is 18.2 Å². The molecule has 10 heteroatoms. The number of carbonyl (C=O) groups is 1. The summed E-state index contributed by atoms with van der Waals surface area (Å²) in [5.74, 6) is -0.975. The number of amides is 1.